The van der Waals surface area contributed by atoms with E-state index in [2.05, 4.69) is 243 Å². The van der Waals surface area contributed by atoms with Gasteiger partial charge in [-0.1, -0.05) is 196 Å². The summed E-state index contributed by atoms with van der Waals surface area (Å²) >= 11 is 1.90. The van der Waals surface area contributed by atoms with Gasteiger partial charge in [-0.15, -0.1) is 11.3 Å². The lowest BCUT2D eigenvalue weighted by molar-refractivity contribution is 0.660. The summed E-state index contributed by atoms with van der Waals surface area (Å²) in [6.07, 6.45) is 0. The summed E-state index contributed by atoms with van der Waals surface area (Å²) < 4.78 is 2.66. The molecule has 3 aliphatic carbocycles. The second kappa shape index (κ2) is 13.9. The minimum absolute atomic E-state index is 0.153. The van der Waals surface area contributed by atoms with Gasteiger partial charge in [0.2, 0.25) is 0 Å². The maximum atomic E-state index is 2.52. The molecule has 0 bridgehead atoms. The van der Waals surface area contributed by atoms with Crippen LogP contribution in [0, 0.1) is 0 Å². The van der Waals surface area contributed by atoms with Crippen LogP contribution < -0.4 is 4.90 Å². The molecule has 0 saturated carbocycles. The number of hydrogen-bond donors (Lipinski definition) is 0. The van der Waals surface area contributed by atoms with E-state index in [1.807, 2.05) is 11.3 Å². The van der Waals surface area contributed by atoms with Crippen LogP contribution in [0.3, 0.4) is 0 Å². The lowest BCUT2D eigenvalue weighted by Gasteiger charge is -2.36. The zero-order valence-corrected chi connectivity index (χ0v) is 37.5. The van der Waals surface area contributed by atoms with Crippen LogP contribution in [-0.4, -0.2) is 0 Å². The van der Waals surface area contributed by atoms with Crippen LogP contribution >= 0.6 is 11.3 Å². The number of rotatable bonds is 4. The second-order valence-electron chi connectivity index (χ2n) is 18.7. The molecule has 10 aromatic carbocycles. The first-order valence-electron chi connectivity index (χ1n) is 23.1. The zero-order valence-electron chi connectivity index (χ0n) is 36.7. The second-order valence-corrected chi connectivity index (χ2v) is 19.8. The van der Waals surface area contributed by atoms with Crippen LogP contribution in [0.25, 0.3) is 75.8 Å². The number of fused-ring (bicyclic) bond motifs is 19. The van der Waals surface area contributed by atoms with Crippen LogP contribution in [0.4, 0.5) is 17.1 Å². The molecule has 0 fully saturated rings. The quantitative estimate of drug-likeness (QED) is 0.170. The Hall–Kier alpha value is -7.78. The Labute approximate surface area is 389 Å². The van der Waals surface area contributed by atoms with Crippen molar-refractivity contribution in [3.63, 3.8) is 0 Å². The summed E-state index contributed by atoms with van der Waals surface area (Å²) in [6.45, 7) is 4.76. The molecule has 2 heteroatoms. The zero-order chi connectivity index (χ0) is 43.7. The van der Waals surface area contributed by atoms with Crippen molar-refractivity contribution in [3.8, 4) is 55.6 Å². The van der Waals surface area contributed by atoms with Gasteiger partial charge in [-0.3, -0.25) is 0 Å². The van der Waals surface area contributed by atoms with Crippen molar-refractivity contribution in [3.05, 3.63) is 258 Å². The Kier molecular flexibility index (Phi) is 7.89. The molecule has 1 heterocycles. The van der Waals surface area contributed by atoms with Crippen LogP contribution in [-0.2, 0) is 10.8 Å². The maximum absolute atomic E-state index is 2.52. The Balaban J connectivity index is 1.09. The number of para-hydroxylation sites is 1. The van der Waals surface area contributed by atoms with Crippen molar-refractivity contribution in [1.29, 1.82) is 0 Å². The molecule has 1 atom stereocenters. The van der Waals surface area contributed by atoms with Crippen molar-refractivity contribution in [1.82, 2.24) is 0 Å². The maximum Gasteiger partial charge on any atom is 0.0725 e. The molecule has 3 aliphatic rings. The summed E-state index contributed by atoms with van der Waals surface area (Å²) in [5, 5.41) is 2.69. The van der Waals surface area contributed by atoms with Gasteiger partial charge in [0.25, 0.3) is 0 Å². The lowest BCUT2D eigenvalue weighted by Crippen LogP contribution is -2.29. The Morgan fingerprint density at radius 3 is 1.67 bits per heavy atom. The third kappa shape index (κ3) is 5.00. The molecule has 1 aromatic heterocycles. The van der Waals surface area contributed by atoms with Gasteiger partial charge in [0.15, 0.2) is 0 Å². The minimum Gasteiger partial charge on any atom is -0.310 e. The molecule has 0 amide bonds. The molecule has 0 radical (unpaired) electrons. The average molecular weight is 858 g/mol. The van der Waals surface area contributed by atoms with Crippen LogP contribution in [0.5, 0.6) is 0 Å². The topological polar surface area (TPSA) is 3.24 Å². The summed E-state index contributed by atoms with van der Waals surface area (Å²) in [5.41, 5.74) is 23.4. The van der Waals surface area contributed by atoms with Crippen molar-refractivity contribution in [2.75, 3.05) is 4.90 Å². The van der Waals surface area contributed by atoms with E-state index in [-0.39, 0.29) is 5.41 Å². The number of hydrogen-bond acceptors (Lipinski definition) is 2. The molecular weight excluding hydrogens is 815 g/mol. The average Bonchev–Trinajstić information content (AvgIpc) is 3.95. The highest BCUT2D eigenvalue weighted by molar-refractivity contribution is 7.26. The largest absolute Gasteiger partial charge is 0.310 e. The fourth-order valence-corrected chi connectivity index (χ4v) is 13.4. The molecule has 14 rings (SSSR count). The molecule has 310 valence electrons. The van der Waals surface area contributed by atoms with Crippen LogP contribution in [0.15, 0.2) is 224 Å². The van der Waals surface area contributed by atoms with E-state index >= 15 is 0 Å². The number of benzene rings is 10. The predicted octanol–water partition coefficient (Wildman–Crippen LogP) is 17.5. The molecule has 0 aliphatic heterocycles. The SMILES string of the molecule is CC1(C)c2ccccc2-c2ccc(N(c3ccc4c(c3)-c3ccccc3-c3ccccc3C43c4ccccc4-c4c3ccc3sc5ccccc5c43)c3ccccc3-c3ccccc3)cc21. The fraction of sp³-hybridized carbons (Fsp3) is 0.0625. The smallest absolute Gasteiger partial charge is 0.0725 e. The molecule has 1 nitrogen and oxygen atoms in total. The van der Waals surface area contributed by atoms with Crippen LogP contribution in [0.2, 0.25) is 0 Å². The summed E-state index contributed by atoms with van der Waals surface area (Å²) in [4.78, 5) is 2.52. The van der Waals surface area contributed by atoms with Gasteiger partial charge in [0, 0.05) is 42.5 Å². The standard InChI is InChI=1S/C64H43NS/c1-63(2)52-27-13-8-24-47(52)48-34-32-42(39-57(48)63)65(58-30-16-11-20-43(58)40-18-4-3-5-19-40)41-33-35-55-51(38-41)45-22-7-6-21-44(45)46-23-9-14-28-53(46)64(55)54-29-15-10-25-49(54)61-56(64)36-37-60-62(61)50-26-12-17-31-59(50)66-60/h3-39H,1-2H3. The minimum atomic E-state index is -0.594. The van der Waals surface area contributed by atoms with Gasteiger partial charge in [-0.25, -0.2) is 0 Å². The first-order chi connectivity index (χ1) is 32.5. The Morgan fingerprint density at radius 2 is 0.879 bits per heavy atom. The van der Waals surface area contributed by atoms with E-state index in [1.165, 1.54) is 109 Å². The molecule has 0 saturated heterocycles. The summed E-state index contributed by atoms with van der Waals surface area (Å²) in [7, 11) is 0. The monoisotopic (exact) mass is 857 g/mol. The van der Waals surface area contributed by atoms with Crippen LogP contribution in [0.1, 0.15) is 47.2 Å². The Bertz CT molecular complexity index is 3810. The molecule has 1 unspecified atom stereocenters. The lowest BCUT2D eigenvalue weighted by atomic mass is 9.66. The first kappa shape index (κ1) is 37.6. The van der Waals surface area contributed by atoms with Gasteiger partial charge in [-0.05, 0) is 126 Å². The first-order valence-corrected chi connectivity index (χ1v) is 23.9. The third-order valence-corrected chi connectivity index (χ3v) is 16.2. The molecule has 0 N–H and O–H groups in total. The summed E-state index contributed by atoms with van der Waals surface area (Å²) in [6, 6.07) is 84.7. The van der Waals surface area contributed by atoms with Gasteiger partial charge >= 0.3 is 0 Å². The van der Waals surface area contributed by atoms with E-state index in [1.54, 1.807) is 0 Å². The highest BCUT2D eigenvalue weighted by atomic mass is 32.1. The van der Waals surface area contributed by atoms with E-state index in [0.29, 0.717) is 0 Å². The van der Waals surface area contributed by atoms with Crippen molar-refractivity contribution < 1.29 is 0 Å². The van der Waals surface area contributed by atoms with Gasteiger partial charge in [0.1, 0.15) is 0 Å². The van der Waals surface area contributed by atoms with E-state index in [9.17, 15) is 0 Å². The molecule has 11 aromatic rings. The predicted molar refractivity (Wildman–Crippen MR) is 279 cm³/mol. The van der Waals surface area contributed by atoms with Crippen molar-refractivity contribution in [2.24, 2.45) is 0 Å². The number of nitrogens with zero attached hydrogens (tertiary/aromatic N) is 1. The molecular formula is C64H43NS. The highest BCUT2D eigenvalue weighted by Gasteiger charge is 2.50. The summed E-state index contributed by atoms with van der Waals surface area (Å²) in [5.74, 6) is 0. The van der Waals surface area contributed by atoms with Gasteiger partial charge in [-0.2, -0.15) is 0 Å². The third-order valence-electron chi connectivity index (χ3n) is 15.1. The van der Waals surface area contributed by atoms with E-state index in [4.69, 9.17) is 0 Å². The Morgan fingerprint density at radius 1 is 0.348 bits per heavy atom. The number of thiophene rings is 1. The van der Waals surface area contributed by atoms with E-state index < -0.39 is 5.41 Å². The molecule has 66 heavy (non-hydrogen) atoms. The number of anilines is 3. The van der Waals surface area contributed by atoms with Gasteiger partial charge in [0.05, 0.1) is 11.1 Å². The normalized spacial score (nSPS) is 15.6. The molecule has 1 spiro atoms. The van der Waals surface area contributed by atoms with Gasteiger partial charge < -0.3 is 4.90 Å². The van der Waals surface area contributed by atoms with Crippen molar-refractivity contribution in [2.45, 2.75) is 24.7 Å². The van der Waals surface area contributed by atoms with E-state index in [0.717, 1.165) is 17.1 Å². The highest BCUT2D eigenvalue weighted by Crippen LogP contribution is 2.64. The fourth-order valence-electron chi connectivity index (χ4n) is 12.3. The van der Waals surface area contributed by atoms with Crippen molar-refractivity contribution >= 4 is 48.6 Å².